The van der Waals surface area contributed by atoms with Crippen LogP contribution >= 0.6 is 0 Å². The molecule has 0 spiro atoms. The molecule has 0 saturated carbocycles. The number of nitrogens with zero attached hydrogens (tertiary/aromatic N) is 1. The number of pyridine rings is 1. The van der Waals surface area contributed by atoms with Crippen molar-refractivity contribution < 1.29 is 4.39 Å². The Morgan fingerprint density at radius 2 is 2.14 bits per heavy atom. The number of fused-ring (bicyclic) bond motifs is 1. The van der Waals surface area contributed by atoms with Gasteiger partial charge in [0.25, 0.3) is 0 Å². The van der Waals surface area contributed by atoms with Crippen LogP contribution in [0.2, 0.25) is 0 Å². The molecule has 0 aliphatic heterocycles. The van der Waals surface area contributed by atoms with Crippen molar-refractivity contribution in [1.82, 2.24) is 4.98 Å². The minimum Gasteiger partial charge on any atom is -0.330 e. The summed E-state index contributed by atoms with van der Waals surface area (Å²) in [7, 11) is 0. The fourth-order valence-electron chi connectivity index (χ4n) is 1.55. The molecule has 3 heteroatoms. The molecule has 1 aromatic heterocycles. The second kappa shape index (κ2) is 3.72. The van der Waals surface area contributed by atoms with Gasteiger partial charge in [-0.15, -0.1) is 0 Å². The van der Waals surface area contributed by atoms with Crippen LogP contribution in [0.25, 0.3) is 10.9 Å². The zero-order valence-electron chi connectivity index (χ0n) is 7.70. The van der Waals surface area contributed by atoms with Crippen LogP contribution in [0.15, 0.2) is 30.5 Å². The summed E-state index contributed by atoms with van der Waals surface area (Å²) >= 11 is 0. The van der Waals surface area contributed by atoms with Crippen molar-refractivity contribution in [2.75, 3.05) is 6.54 Å². The summed E-state index contributed by atoms with van der Waals surface area (Å²) < 4.78 is 13.3. The SMILES string of the molecule is NCCc1ccc(F)c2cccnc12. The zero-order chi connectivity index (χ0) is 9.97. The van der Waals surface area contributed by atoms with E-state index in [0.717, 1.165) is 17.5 Å². The molecule has 1 heterocycles. The lowest BCUT2D eigenvalue weighted by Gasteiger charge is -2.04. The molecule has 2 nitrogen and oxygen atoms in total. The van der Waals surface area contributed by atoms with E-state index < -0.39 is 0 Å². The van der Waals surface area contributed by atoms with Crippen LogP contribution < -0.4 is 5.73 Å². The van der Waals surface area contributed by atoms with Crippen LogP contribution in [0, 0.1) is 5.82 Å². The summed E-state index contributed by atoms with van der Waals surface area (Å²) in [6.07, 6.45) is 2.40. The number of hydrogen-bond acceptors (Lipinski definition) is 2. The molecule has 14 heavy (non-hydrogen) atoms. The van der Waals surface area contributed by atoms with E-state index in [2.05, 4.69) is 4.98 Å². The van der Waals surface area contributed by atoms with Crippen molar-refractivity contribution in [2.45, 2.75) is 6.42 Å². The number of benzene rings is 1. The molecule has 0 atom stereocenters. The zero-order valence-corrected chi connectivity index (χ0v) is 7.70. The highest BCUT2D eigenvalue weighted by Gasteiger charge is 2.05. The largest absolute Gasteiger partial charge is 0.330 e. The third kappa shape index (κ3) is 1.46. The standard InChI is InChI=1S/C11H11FN2/c12-10-4-3-8(5-6-13)11-9(10)2-1-7-14-11/h1-4,7H,5-6,13H2. The molecule has 0 aliphatic carbocycles. The quantitative estimate of drug-likeness (QED) is 0.785. The average molecular weight is 190 g/mol. The predicted molar refractivity (Wildman–Crippen MR) is 54.5 cm³/mol. The molecule has 72 valence electrons. The van der Waals surface area contributed by atoms with Crippen molar-refractivity contribution in [3.63, 3.8) is 0 Å². The fraction of sp³-hybridized carbons (Fsp3) is 0.182. The van der Waals surface area contributed by atoms with Crippen molar-refractivity contribution >= 4 is 10.9 Å². The highest BCUT2D eigenvalue weighted by atomic mass is 19.1. The van der Waals surface area contributed by atoms with Gasteiger partial charge in [0, 0.05) is 11.6 Å². The van der Waals surface area contributed by atoms with Crippen molar-refractivity contribution in [3.8, 4) is 0 Å². The maximum absolute atomic E-state index is 13.3. The first-order chi connectivity index (χ1) is 6.83. The smallest absolute Gasteiger partial charge is 0.132 e. The molecule has 2 rings (SSSR count). The van der Waals surface area contributed by atoms with Crippen LogP contribution in [0.5, 0.6) is 0 Å². The molecule has 0 radical (unpaired) electrons. The summed E-state index contributed by atoms with van der Waals surface area (Å²) in [5, 5.41) is 0.568. The second-order valence-electron chi connectivity index (χ2n) is 3.14. The third-order valence-corrected chi connectivity index (χ3v) is 2.21. The lowest BCUT2D eigenvalue weighted by Crippen LogP contribution is -2.04. The molecule has 2 N–H and O–H groups in total. The second-order valence-corrected chi connectivity index (χ2v) is 3.14. The summed E-state index contributed by atoms with van der Waals surface area (Å²) in [5.41, 5.74) is 7.19. The van der Waals surface area contributed by atoms with Gasteiger partial charge in [0.05, 0.1) is 5.52 Å². The molecule has 0 saturated heterocycles. The first kappa shape index (κ1) is 9.09. The summed E-state index contributed by atoms with van der Waals surface area (Å²) in [6.45, 7) is 0.553. The monoisotopic (exact) mass is 190 g/mol. The van der Waals surface area contributed by atoms with Gasteiger partial charge < -0.3 is 5.73 Å². The Morgan fingerprint density at radius 1 is 1.29 bits per heavy atom. The van der Waals surface area contributed by atoms with Crippen molar-refractivity contribution in [2.24, 2.45) is 5.73 Å². The Labute approximate surface area is 81.6 Å². The van der Waals surface area contributed by atoms with Crippen LogP contribution in [0.1, 0.15) is 5.56 Å². The van der Waals surface area contributed by atoms with Crippen molar-refractivity contribution in [1.29, 1.82) is 0 Å². The lowest BCUT2D eigenvalue weighted by atomic mass is 10.1. The van der Waals surface area contributed by atoms with Crippen LogP contribution in [-0.4, -0.2) is 11.5 Å². The fourth-order valence-corrected chi connectivity index (χ4v) is 1.55. The molecular formula is C11H11FN2. The van der Waals surface area contributed by atoms with Crippen LogP contribution in [-0.2, 0) is 6.42 Å². The van der Waals surface area contributed by atoms with Crippen LogP contribution in [0.4, 0.5) is 4.39 Å². The Balaban J connectivity index is 2.68. The van der Waals surface area contributed by atoms with E-state index in [1.807, 2.05) is 0 Å². The normalized spacial score (nSPS) is 10.7. The number of aromatic nitrogens is 1. The molecule has 1 aromatic carbocycles. The van der Waals surface area contributed by atoms with Gasteiger partial charge >= 0.3 is 0 Å². The minimum absolute atomic E-state index is 0.228. The average Bonchev–Trinajstić information content (AvgIpc) is 2.23. The highest BCUT2D eigenvalue weighted by molar-refractivity contribution is 5.82. The van der Waals surface area contributed by atoms with E-state index >= 15 is 0 Å². The number of hydrogen-bond donors (Lipinski definition) is 1. The van der Waals surface area contributed by atoms with Gasteiger partial charge in [0.1, 0.15) is 5.82 Å². The van der Waals surface area contributed by atoms with Crippen LogP contribution in [0.3, 0.4) is 0 Å². The number of nitrogens with two attached hydrogens (primary N) is 1. The topological polar surface area (TPSA) is 38.9 Å². The molecule has 0 unspecified atom stereocenters. The molecule has 0 bridgehead atoms. The third-order valence-electron chi connectivity index (χ3n) is 2.21. The Hall–Kier alpha value is -1.48. The number of halogens is 1. The van der Waals surface area contributed by atoms with E-state index in [1.165, 1.54) is 6.07 Å². The first-order valence-corrected chi connectivity index (χ1v) is 4.55. The van der Waals surface area contributed by atoms with E-state index in [-0.39, 0.29) is 5.82 Å². The molecule has 2 aromatic rings. The highest BCUT2D eigenvalue weighted by Crippen LogP contribution is 2.19. The van der Waals surface area contributed by atoms with Gasteiger partial charge in [-0.05, 0) is 36.7 Å². The van der Waals surface area contributed by atoms with E-state index in [0.29, 0.717) is 11.9 Å². The van der Waals surface area contributed by atoms with Gasteiger partial charge in [0.2, 0.25) is 0 Å². The predicted octanol–water partition coefficient (Wildman–Crippen LogP) is 1.88. The number of rotatable bonds is 2. The van der Waals surface area contributed by atoms with Gasteiger partial charge in [-0.25, -0.2) is 4.39 Å². The Morgan fingerprint density at radius 3 is 2.93 bits per heavy atom. The summed E-state index contributed by atoms with van der Waals surface area (Å²) in [4.78, 5) is 4.17. The summed E-state index contributed by atoms with van der Waals surface area (Å²) in [5.74, 6) is -0.228. The van der Waals surface area contributed by atoms with Crippen molar-refractivity contribution in [3.05, 3.63) is 41.8 Å². The maximum atomic E-state index is 13.3. The first-order valence-electron chi connectivity index (χ1n) is 4.55. The molecule has 0 fully saturated rings. The minimum atomic E-state index is -0.228. The van der Waals surface area contributed by atoms with Gasteiger partial charge in [-0.1, -0.05) is 6.07 Å². The Bertz CT molecular complexity index is 454. The maximum Gasteiger partial charge on any atom is 0.132 e. The molecule has 0 aliphatic rings. The molecular weight excluding hydrogens is 179 g/mol. The lowest BCUT2D eigenvalue weighted by molar-refractivity contribution is 0.639. The van der Waals surface area contributed by atoms with E-state index in [9.17, 15) is 4.39 Å². The summed E-state index contributed by atoms with van der Waals surface area (Å²) in [6, 6.07) is 6.68. The van der Waals surface area contributed by atoms with Gasteiger partial charge in [0.15, 0.2) is 0 Å². The van der Waals surface area contributed by atoms with E-state index in [4.69, 9.17) is 5.73 Å². The van der Waals surface area contributed by atoms with Gasteiger partial charge in [-0.2, -0.15) is 0 Å². The molecule has 0 amide bonds. The Kier molecular flexibility index (Phi) is 2.41. The van der Waals surface area contributed by atoms with Gasteiger partial charge in [-0.3, -0.25) is 4.98 Å². The van der Waals surface area contributed by atoms with E-state index in [1.54, 1.807) is 24.4 Å².